The molecule has 0 fully saturated rings. The standard InChI is InChI=1S/C18H18N2OS/c1-21-13-12-20-17(15-8-4-2-5-9-15)14-22-18(20)19-16-10-6-3-7-11-16/h2-11,14H,12-13H2,1H3/p+1. The quantitative estimate of drug-likeness (QED) is 0.694. The van der Waals surface area contributed by atoms with Crippen molar-refractivity contribution in [3.8, 4) is 11.3 Å². The van der Waals surface area contributed by atoms with Crippen molar-refractivity contribution in [2.24, 2.45) is 0 Å². The third-order valence-corrected chi connectivity index (χ3v) is 4.32. The van der Waals surface area contributed by atoms with Crippen LogP contribution < -0.4 is 9.88 Å². The van der Waals surface area contributed by atoms with E-state index in [0.29, 0.717) is 6.61 Å². The summed E-state index contributed by atoms with van der Waals surface area (Å²) in [7, 11) is 1.74. The highest BCUT2D eigenvalue weighted by atomic mass is 32.1. The summed E-state index contributed by atoms with van der Waals surface area (Å²) in [6.07, 6.45) is 0. The second kappa shape index (κ2) is 7.20. The van der Waals surface area contributed by atoms with Gasteiger partial charge in [-0.1, -0.05) is 59.9 Å². The lowest BCUT2D eigenvalue weighted by Crippen LogP contribution is -2.38. The first-order valence-electron chi connectivity index (χ1n) is 7.26. The lowest BCUT2D eigenvalue weighted by Gasteiger charge is -2.06. The van der Waals surface area contributed by atoms with E-state index in [0.717, 1.165) is 17.4 Å². The molecule has 0 saturated carbocycles. The minimum atomic E-state index is 0.685. The van der Waals surface area contributed by atoms with E-state index in [2.05, 4.69) is 51.7 Å². The fourth-order valence-corrected chi connectivity index (χ4v) is 3.31. The van der Waals surface area contributed by atoms with Crippen LogP contribution in [0.2, 0.25) is 0 Å². The summed E-state index contributed by atoms with van der Waals surface area (Å²) in [5.74, 6) is 0. The zero-order valence-corrected chi connectivity index (χ0v) is 13.3. The van der Waals surface area contributed by atoms with E-state index < -0.39 is 0 Å². The molecule has 2 aromatic carbocycles. The van der Waals surface area contributed by atoms with Crippen molar-refractivity contribution in [1.82, 2.24) is 0 Å². The molecule has 1 heterocycles. The van der Waals surface area contributed by atoms with Crippen LogP contribution in [0.25, 0.3) is 11.3 Å². The average molecular weight is 311 g/mol. The normalized spacial score (nSPS) is 10.6. The molecule has 0 aliphatic rings. The summed E-state index contributed by atoms with van der Waals surface area (Å²) in [4.78, 5) is 0. The minimum absolute atomic E-state index is 0.685. The molecule has 4 heteroatoms. The van der Waals surface area contributed by atoms with Gasteiger partial charge in [-0.2, -0.15) is 0 Å². The van der Waals surface area contributed by atoms with Crippen molar-refractivity contribution in [1.29, 1.82) is 0 Å². The number of aromatic nitrogens is 1. The number of anilines is 2. The molecular formula is C18H19N2OS+. The van der Waals surface area contributed by atoms with Crippen LogP contribution in [0.3, 0.4) is 0 Å². The number of thiazole rings is 1. The summed E-state index contributed by atoms with van der Waals surface area (Å²) in [5.41, 5.74) is 3.52. The van der Waals surface area contributed by atoms with Gasteiger partial charge in [-0.25, -0.2) is 9.88 Å². The van der Waals surface area contributed by atoms with Crippen molar-refractivity contribution in [3.05, 3.63) is 66.0 Å². The van der Waals surface area contributed by atoms with E-state index in [4.69, 9.17) is 4.74 Å². The zero-order valence-electron chi connectivity index (χ0n) is 12.5. The van der Waals surface area contributed by atoms with Crippen LogP contribution in [0.15, 0.2) is 66.0 Å². The molecule has 0 atom stereocenters. The number of methoxy groups -OCH3 is 1. The topological polar surface area (TPSA) is 25.1 Å². The monoisotopic (exact) mass is 311 g/mol. The van der Waals surface area contributed by atoms with E-state index in [1.165, 1.54) is 11.3 Å². The molecule has 0 amide bonds. The van der Waals surface area contributed by atoms with Gasteiger partial charge >= 0.3 is 5.13 Å². The Morgan fingerprint density at radius 3 is 2.36 bits per heavy atom. The molecular weight excluding hydrogens is 292 g/mol. The summed E-state index contributed by atoms with van der Waals surface area (Å²) in [5, 5.41) is 6.80. The van der Waals surface area contributed by atoms with Crippen LogP contribution in [0, 0.1) is 0 Å². The predicted octanol–water partition coefficient (Wildman–Crippen LogP) is 4.09. The van der Waals surface area contributed by atoms with Crippen LogP contribution in [0.5, 0.6) is 0 Å². The second-order valence-electron chi connectivity index (χ2n) is 4.93. The number of nitrogens with one attached hydrogen (secondary N) is 1. The van der Waals surface area contributed by atoms with Gasteiger partial charge in [-0.05, 0) is 12.1 Å². The molecule has 1 N–H and O–H groups in total. The molecule has 0 unspecified atom stereocenters. The number of hydrogen-bond acceptors (Lipinski definition) is 3. The van der Waals surface area contributed by atoms with Gasteiger partial charge in [-0.3, -0.25) is 0 Å². The number of ether oxygens (including phenoxy) is 1. The van der Waals surface area contributed by atoms with Crippen LogP contribution in [0.1, 0.15) is 0 Å². The zero-order chi connectivity index (χ0) is 15.2. The molecule has 0 radical (unpaired) electrons. The Labute approximate surface area is 134 Å². The Balaban J connectivity index is 1.94. The van der Waals surface area contributed by atoms with Crippen molar-refractivity contribution < 1.29 is 9.30 Å². The van der Waals surface area contributed by atoms with E-state index in [1.54, 1.807) is 18.4 Å². The van der Waals surface area contributed by atoms with Gasteiger partial charge in [0, 0.05) is 18.1 Å². The van der Waals surface area contributed by atoms with Gasteiger partial charge in [0.05, 0.1) is 6.61 Å². The van der Waals surface area contributed by atoms with Gasteiger partial charge < -0.3 is 4.74 Å². The maximum absolute atomic E-state index is 5.27. The molecule has 3 nitrogen and oxygen atoms in total. The van der Waals surface area contributed by atoms with Gasteiger partial charge in [0.2, 0.25) is 0 Å². The van der Waals surface area contributed by atoms with E-state index in [-0.39, 0.29) is 0 Å². The maximum Gasteiger partial charge on any atom is 0.339 e. The molecule has 0 aliphatic heterocycles. The Hall–Kier alpha value is -2.17. The highest BCUT2D eigenvalue weighted by Crippen LogP contribution is 2.25. The molecule has 0 saturated heterocycles. The van der Waals surface area contributed by atoms with Gasteiger partial charge in [0.25, 0.3) is 0 Å². The minimum Gasteiger partial charge on any atom is -0.381 e. The van der Waals surface area contributed by atoms with Gasteiger partial charge in [0.15, 0.2) is 0 Å². The summed E-state index contributed by atoms with van der Waals surface area (Å²) in [6.45, 7) is 1.50. The van der Waals surface area contributed by atoms with Crippen LogP contribution in [-0.4, -0.2) is 13.7 Å². The first-order valence-corrected chi connectivity index (χ1v) is 8.14. The Morgan fingerprint density at radius 2 is 1.68 bits per heavy atom. The summed E-state index contributed by atoms with van der Waals surface area (Å²) < 4.78 is 7.54. The summed E-state index contributed by atoms with van der Waals surface area (Å²) >= 11 is 1.71. The van der Waals surface area contributed by atoms with E-state index >= 15 is 0 Å². The molecule has 3 rings (SSSR count). The molecule has 1 aromatic heterocycles. The molecule has 22 heavy (non-hydrogen) atoms. The lowest BCUT2D eigenvalue weighted by atomic mass is 10.2. The van der Waals surface area contributed by atoms with Crippen LogP contribution >= 0.6 is 11.3 Å². The van der Waals surface area contributed by atoms with Crippen LogP contribution in [0.4, 0.5) is 10.8 Å². The first kappa shape index (κ1) is 14.8. The summed E-state index contributed by atoms with van der Waals surface area (Å²) in [6, 6.07) is 20.7. The van der Waals surface area contributed by atoms with Gasteiger partial charge in [0.1, 0.15) is 17.9 Å². The molecule has 0 bridgehead atoms. The highest BCUT2D eigenvalue weighted by Gasteiger charge is 2.19. The van der Waals surface area contributed by atoms with Gasteiger partial charge in [-0.15, -0.1) is 0 Å². The molecule has 112 valence electrons. The second-order valence-corrected chi connectivity index (χ2v) is 5.79. The Morgan fingerprint density at radius 1 is 1.00 bits per heavy atom. The van der Waals surface area contributed by atoms with E-state index in [1.807, 2.05) is 24.3 Å². The number of hydrogen-bond donors (Lipinski definition) is 1. The molecule has 0 spiro atoms. The number of para-hydroxylation sites is 1. The molecule has 3 aromatic rings. The molecule has 0 aliphatic carbocycles. The van der Waals surface area contributed by atoms with Crippen molar-refractivity contribution in [2.75, 3.05) is 19.0 Å². The van der Waals surface area contributed by atoms with Crippen molar-refractivity contribution in [3.63, 3.8) is 0 Å². The predicted molar refractivity (Wildman–Crippen MR) is 91.6 cm³/mol. The number of benzene rings is 2. The average Bonchev–Trinajstić information content (AvgIpc) is 2.97. The van der Waals surface area contributed by atoms with Crippen molar-refractivity contribution >= 4 is 22.2 Å². The Bertz CT molecular complexity index is 710. The lowest BCUT2D eigenvalue weighted by molar-refractivity contribution is -0.669. The number of rotatable bonds is 6. The fourth-order valence-electron chi connectivity index (χ4n) is 2.33. The third-order valence-electron chi connectivity index (χ3n) is 3.43. The van der Waals surface area contributed by atoms with Crippen molar-refractivity contribution in [2.45, 2.75) is 6.54 Å². The largest absolute Gasteiger partial charge is 0.381 e. The smallest absolute Gasteiger partial charge is 0.339 e. The maximum atomic E-state index is 5.27. The fraction of sp³-hybridized carbons (Fsp3) is 0.167. The van der Waals surface area contributed by atoms with Crippen LogP contribution in [-0.2, 0) is 11.3 Å². The Kier molecular flexibility index (Phi) is 4.83. The number of nitrogens with zero attached hydrogens (tertiary/aromatic N) is 1. The van der Waals surface area contributed by atoms with E-state index in [9.17, 15) is 0 Å². The third kappa shape index (κ3) is 3.35. The highest BCUT2D eigenvalue weighted by molar-refractivity contribution is 7.13. The SMILES string of the molecule is COCC[n+]1c(-c2ccccc2)csc1Nc1ccccc1. The first-order chi connectivity index (χ1) is 10.9.